The lowest BCUT2D eigenvalue weighted by Gasteiger charge is -2.09. The van der Waals surface area contributed by atoms with Gasteiger partial charge in [-0.2, -0.15) is 0 Å². The molecule has 0 radical (unpaired) electrons. The highest BCUT2D eigenvalue weighted by molar-refractivity contribution is 5.96. The van der Waals surface area contributed by atoms with E-state index in [0.29, 0.717) is 5.75 Å². The van der Waals surface area contributed by atoms with Crippen LogP contribution >= 0.6 is 0 Å². The number of amides is 2. The Balaban J connectivity index is 1.92. The first-order valence-corrected chi connectivity index (χ1v) is 8.55. The number of ether oxygens (including phenoxy) is 1. The largest absolute Gasteiger partial charge is 0.484 e. The molecule has 2 aromatic rings. The van der Waals surface area contributed by atoms with Gasteiger partial charge in [0.25, 0.3) is 23.2 Å². The third kappa shape index (κ3) is 6.27. The van der Waals surface area contributed by atoms with E-state index in [1.165, 1.54) is 0 Å². The number of rotatable bonds is 8. The minimum Gasteiger partial charge on any atom is -0.484 e. The molecule has 2 rings (SSSR count). The Morgan fingerprint density at radius 2 is 1.55 bits per heavy atom. The lowest BCUT2D eigenvalue weighted by Crippen LogP contribution is -2.43. The van der Waals surface area contributed by atoms with Crippen LogP contribution in [0.1, 0.15) is 29.3 Å². The lowest BCUT2D eigenvalue weighted by molar-refractivity contribution is -0.394. The van der Waals surface area contributed by atoms with Gasteiger partial charge in [-0.15, -0.1) is 0 Å². The van der Waals surface area contributed by atoms with Crippen molar-refractivity contribution in [2.75, 3.05) is 6.61 Å². The number of benzene rings is 2. The standard InChI is InChI=1S/C18H18N4O7/c1-2-3-12-4-6-16(7-5-12)29-11-17(23)19-20-18(24)13-8-14(21(25)26)10-15(9-13)22(27)28/h4-10H,2-3,11H2,1H3,(H,19,23)(H,20,24). The summed E-state index contributed by atoms with van der Waals surface area (Å²) < 4.78 is 5.30. The molecule has 0 aliphatic rings. The number of hydrogen-bond donors (Lipinski definition) is 2. The molecule has 2 aromatic carbocycles. The van der Waals surface area contributed by atoms with Gasteiger partial charge in [-0.25, -0.2) is 0 Å². The normalized spacial score (nSPS) is 10.1. The molecule has 0 spiro atoms. The topological polar surface area (TPSA) is 154 Å². The second-order valence-corrected chi connectivity index (χ2v) is 5.94. The summed E-state index contributed by atoms with van der Waals surface area (Å²) in [5.74, 6) is -1.16. The third-order valence-electron chi connectivity index (χ3n) is 3.73. The molecule has 0 aliphatic heterocycles. The third-order valence-corrected chi connectivity index (χ3v) is 3.73. The predicted octanol–water partition coefficient (Wildman–Crippen LogP) is 2.30. The van der Waals surface area contributed by atoms with Crippen molar-refractivity contribution in [2.24, 2.45) is 0 Å². The second kappa shape index (κ2) is 9.78. The summed E-state index contributed by atoms with van der Waals surface area (Å²) in [5.41, 5.74) is 3.66. The number of nitrogens with zero attached hydrogens (tertiary/aromatic N) is 2. The Bertz CT molecular complexity index is 896. The number of nitro groups is 2. The van der Waals surface area contributed by atoms with Gasteiger partial charge in [0.1, 0.15) is 5.75 Å². The molecule has 11 nitrogen and oxygen atoms in total. The van der Waals surface area contributed by atoms with E-state index in [1.54, 1.807) is 12.1 Å². The summed E-state index contributed by atoms with van der Waals surface area (Å²) in [5, 5.41) is 21.7. The van der Waals surface area contributed by atoms with Gasteiger partial charge in [-0.3, -0.25) is 40.7 Å². The number of carbonyl (C=O) groups excluding carboxylic acids is 2. The maximum atomic E-state index is 12.1. The van der Waals surface area contributed by atoms with Crippen LogP contribution in [-0.4, -0.2) is 28.3 Å². The molecule has 2 N–H and O–H groups in total. The van der Waals surface area contributed by atoms with Crippen molar-refractivity contribution >= 4 is 23.2 Å². The molecule has 2 amide bonds. The van der Waals surface area contributed by atoms with Crippen molar-refractivity contribution in [1.29, 1.82) is 0 Å². The van der Waals surface area contributed by atoms with Crippen LogP contribution in [0.2, 0.25) is 0 Å². The first-order valence-electron chi connectivity index (χ1n) is 8.55. The fraction of sp³-hybridized carbons (Fsp3) is 0.222. The Morgan fingerprint density at radius 3 is 2.07 bits per heavy atom. The zero-order valence-electron chi connectivity index (χ0n) is 15.4. The van der Waals surface area contributed by atoms with E-state index in [4.69, 9.17) is 4.74 Å². The Kier molecular flexibility index (Phi) is 7.18. The quantitative estimate of drug-likeness (QED) is 0.507. The number of non-ortho nitro benzene ring substituents is 2. The average molecular weight is 402 g/mol. The van der Waals surface area contributed by atoms with Gasteiger partial charge in [0.15, 0.2) is 6.61 Å². The van der Waals surface area contributed by atoms with Crippen LogP contribution in [-0.2, 0) is 11.2 Å². The van der Waals surface area contributed by atoms with Gasteiger partial charge in [0.2, 0.25) is 0 Å². The maximum Gasteiger partial charge on any atom is 0.277 e. The Hall–Kier alpha value is -4.02. The summed E-state index contributed by atoms with van der Waals surface area (Å²) in [6.45, 7) is 1.68. The van der Waals surface area contributed by atoms with Crippen LogP contribution in [0.5, 0.6) is 5.75 Å². The predicted molar refractivity (Wildman–Crippen MR) is 101 cm³/mol. The lowest BCUT2D eigenvalue weighted by atomic mass is 10.1. The fourth-order valence-electron chi connectivity index (χ4n) is 2.36. The first kappa shape index (κ1) is 21.3. The van der Waals surface area contributed by atoms with Crippen LogP contribution in [0.25, 0.3) is 0 Å². The van der Waals surface area contributed by atoms with Crippen LogP contribution in [0, 0.1) is 20.2 Å². The van der Waals surface area contributed by atoms with Crippen LogP contribution in [0.4, 0.5) is 11.4 Å². The number of hydrogen-bond acceptors (Lipinski definition) is 7. The average Bonchev–Trinajstić information content (AvgIpc) is 2.71. The molecule has 0 fully saturated rings. The molecule has 29 heavy (non-hydrogen) atoms. The van der Waals surface area contributed by atoms with Crippen molar-refractivity contribution in [3.63, 3.8) is 0 Å². The summed E-state index contributed by atoms with van der Waals surface area (Å²) in [6.07, 6.45) is 1.94. The molecule has 0 saturated heterocycles. The van der Waals surface area contributed by atoms with Gasteiger partial charge in [0.05, 0.1) is 21.5 Å². The highest BCUT2D eigenvalue weighted by Crippen LogP contribution is 2.22. The first-order chi connectivity index (χ1) is 13.8. The van der Waals surface area contributed by atoms with E-state index in [1.807, 2.05) is 17.6 Å². The smallest absolute Gasteiger partial charge is 0.277 e. The number of nitro benzene ring substituents is 2. The van der Waals surface area contributed by atoms with E-state index < -0.39 is 33.0 Å². The van der Waals surface area contributed by atoms with Gasteiger partial charge in [-0.1, -0.05) is 25.5 Å². The van der Waals surface area contributed by atoms with Crippen LogP contribution in [0.15, 0.2) is 42.5 Å². The molecule has 0 heterocycles. The molecule has 0 unspecified atom stereocenters. The molecule has 0 atom stereocenters. The highest BCUT2D eigenvalue weighted by Gasteiger charge is 2.20. The molecular weight excluding hydrogens is 384 g/mol. The Morgan fingerprint density at radius 1 is 0.966 bits per heavy atom. The summed E-state index contributed by atoms with van der Waals surface area (Å²) in [6, 6.07) is 9.67. The van der Waals surface area contributed by atoms with Crippen molar-refractivity contribution in [3.8, 4) is 5.75 Å². The van der Waals surface area contributed by atoms with E-state index in [0.717, 1.165) is 36.6 Å². The molecule has 152 valence electrons. The van der Waals surface area contributed by atoms with Crippen molar-refractivity contribution < 1.29 is 24.2 Å². The maximum absolute atomic E-state index is 12.1. The van der Waals surface area contributed by atoms with Crippen molar-refractivity contribution in [3.05, 3.63) is 73.8 Å². The zero-order chi connectivity index (χ0) is 21.4. The number of nitrogens with one attached hydrogen (secondary N) is 2. The van der Waals surface area contributed by atoms with E-state index in [-0.39, 0.29) is 12.2 Å². The van der Waals surface area contributed by atoms with Gasteiger partial charge < -0.3 is 4.74 Å². The number of carbonyl (C=O) groups is 2. The molecule has 11 heteroatoms. The highest BCUT2D eigenvalue weighted by atomic mass is 16.6. The monoisotopic (exact) mass is 402 g/mol. The molecular formula is C18H18N4O7. The van der Waals surface area contributed by atoms with E-state index in [9.17, 15) is 29.8 Å². The molecule has 0 saturated carbocycles. The second-order valence-electron chi connectivity index (χ2n) is 5.94. The van der Waals surface area contributed by atoms with E-state index >= 15 is 0 Å². The van der Waals surface area contributed by atoms with E-state index in [2.05, 4.69) is 12.3 Å². The number of aryl methyl sites for hydroxylation is 1. The Labute approximate surface area is 164 Å². The number of hydrazine groups is 1. The van der Waals surface area contributed by atoms with Crippen molar-refractivity contribution in [2.45, 2.75) is 19.8 Å². The zero-order valence-corrected chi connectivity index (χ0v) is 15.4. The molecule has 0 bridgehead atoms. The van der Waals surface area contributed by atoms with Gasteiger partial charge >= 0.3 is 0 Å². The van der Waals surface area contributed by atoms with Crippen LogP contribution < -0.4 is 15.6 Å². The molecule has 0 aliphatic carbocycles. The summed E-state index contributed by atoms with van der Waals surface area (Å²) >= 11 is 0. The van der Waals surface area contributed by atoms with Gasteiger partial charge in [0, 0.05) is 12.1 Å². The fourth-order valence-corrected chi connectivity index (χ4v) is 2.36. The molecule has 0 aromatic heterocycles. The minimum atomic E-state index is -0.950. The SMILES string of the molecule is CCCc1ccc(OCC(=O)NNC(=O)c2cc([N+](=O)[O-])cc([N+](=O)[O-])c2)cc1. The summed E-state index contributed by atoms with van der Waals surface area (Å²) in [7, 11) is 0. The minimum absolute atomic E-state index is 0.348. The van der Waals surface area contributed by atoms with Crippen LogP contribution in [0.3, 0.4) is 0 Å². The van der Waals surface area contributed by atoms with Gasteiger partial charge in [-0.05, 0) is 24.1 Å². The van der Waals surface area contributed by atoms with Crippen molar-refractivity contribution in [1.82, 2.24) is 10.9 Å². The summed E-state index contributed by atoms with van der Waals surface area (Å²) in [4.78, 5) is 43.9.